The zero-order valence-corrected chi connectivity index (χ0v) is 21.4. The fourth-order valence-corrected chi connectivity index (χ4v) is 5.99. The molecule has 2 aromatic heterocycles. The summed E-state index contributed by atoms with van der Waals surface area (Å²) in [6.45, 7) is 3.71. The summed E-state index contributed by atoms with van der Waals surface area (Å²) in [5, 5.41) is 14.4. The van der Waals surface area contributed by atoms with E-state index < -0.39 is 17.3 Å². The topological polar surface area (TPSA) is 118 Å². The number of halogens is 3. The molecule has 0 saturated carbocycles. The number of nitriles is 1. The Balaban J connectivity index is 1.10. The van der Waals surface area contributed by atoms with E-state index in [1.165, 1.54) is 4.90 Å². The molecular weight excluding hydrogens is 515 g/mol. The molecule has 2 atom stereocenters. The second kappa shape index (κ2) is 10.8. The third-order valence-corrected chi connectivity index (χ3v) is 8.01. The summed E-state index contributed by atoms with van der Waals surface area (Å²) in [5.74, 6) is 0.839. The lowest BCUT2D eigenvalue weighted by molar-refractivity contribution is -0.138. The van der Waals surface area contributed by atoms with Crippen LogP contribution in [0.15, 0.2) is 29.3 Å². The molecule has 208 valence electrons. The summed E-state index contributed by atoms with van der Waals surface area (Å²) in [6.07, 6.45) is 1.17. The highest BCUT2D eigenvalue weighted by Gasteiger charge is 2.45. The summed E-state index contributed by atoms with van der Waals surface area (Å²) < 4.78 is 46.3. The van der Waals surface area contributed by atoms with E-state index in [0.717, 1.165) is 37.9 Å². The molecule has 13 heteroatoms. The Morgan fingerprint density at radius 1 is 1.21 bits per heavy atom. The van der Waals surface area contributed by atoms with Crippen molar-refractivity contribution in [1.29, 1.82) is 5.26 Å². The van der Waals surface area contributed by atoms with E-state index >= 15 is 0 Å². The lowest BCUT2D eigenvalue weighted by atomic mass is 9.86. The van der Waals surface area contributed by atoms with Gasteiger partial charge in [-0.3, -0.25) is 9.59 Å². The maximum atomic E-state index is 13.5. The van der Waals surface area contributed by atoms with Crippen molar-refractivity contribution in [2.24, 2.45) is 5.41 Å². The Bertz CT molecular complexity index is 1290. The summed E-state index contributed by atoms with van der Waals surface area (Å²) in [6, 6.07) is 5.35. The van der Waals surface area contributed by atoms with Gasteiger partial charge in [-0.1, -0.05) is 0 Å². The van der Waals surface area contributed by atoms with Crippen LogP contribution in [0.4, 0.5) is 24.7 Å². The predicted molar refractivity (Wildman–Crippen MR) is 135 cm³/mol. The van der Waals surface area contributed by atoms with Gasteiger partial charge in [-0.2, -0.15) is 23.5 Å². The molecule has 3 aliphatic heterocycles. The number of nitrogens with one attached hydrogen (secondary N) is 1. The first-order valence-electron chi connectivity index (χ1n) is 13.1. The van der Waals surface area contributed by atoms with Gasteiger partial charge in [0.15, 0.2) is 0 Å². The van der Waals surface area contributed by atoms with Gasteiger partial charge in [0.2, 0.25) is 5.91 Å². The summed E-state index contributed by atoms with van der Waals surface area (Å²) >= 11 is 0. The Morgan fingerprint density at radius 3 is 2.77 bits per heavy atom. The number of H-pyrrole nitrogens is 1. The van der Waals surface area contributed by atoms with Crippen molar-refractivity contribution < 1.29 is 22.7 Å². The monoisotopic (exact) mass is 545 g/mol. The van der Waals surface area contributed by atoms with Crippen LogP contribution in [0.1, 0.15) is 43.2 Å². The number of likely N-dealkylation sites (tertiary alicyclic amines) is 1. The molecule has 0 bridgehead atoms. The van der Waals surface area contributed by atoms with Gasteiger partial charge in [0, 0.05) is 44.3 Å². The first-order valence-corrected chi connectivity index (χ1v) is 13.1. The Kier molecular flexibility index (Phi) is 7.48. The number of carbonyl (C=O) groups excluding carboxylic acids is 1. The number of ether oxygens (including phenoxy) is 1. The van der Waals surface area contributed by atoms with E-state index in [4.69, 9.17) is 10.00 Å². The van der Waals surface area contributed by atoms with Crippen LogP contribution in [0.2, 0.25) is 0 Å². The van der Waals surface area contributed by atoms with Gasteiger partial charge in [0.05, 0.1) is 43.1 Å². The third kappa shape index (κ3) is 5.71. The number of nitrogens with zero attached hydrogens (tertiary/aromatic N) is 6. The van der Waals surface area contributed by atoms with E-state index in [1.54, 1.807) is 12.3 Å². The number of anilines is 2. The fourth-order valence-electron chi connectivity index (χ4n) is 5.99. The molecule has 3 saturated heterocycles. The minimum absolute atomic E-state index is 0.00301. The average molecular weight is 546 g/mol. The number of amides is 1. The highest BCUT2D eigenvalue weighted by atomic mass is 19.4. The highest BCUT2D eigenvalue weighted by Crippen LogP contribution is 2.41. The van der Waals surface area contributed by atoms with E-state index in [2.05, 4.69) is 21.1 Å². The van der Waals surface area contributed by atoms with Crippen molar-refractivity contribution in [3.63, 3.8) is 0 Å². The fraction of sp³-hybridized carbons (Fsp3) is 0.577. The standard InChI is InChI=1S/C26H30F3N7O3/c27-26(28,29)23-20(14-32-33-24(23)38)36-8-1-2-19(36)15-39-11-5-22(37)35-10-7-25(17-35)6-9-34(16-25)21-4-3-18(12-30)13-31-21/h3-4,13-14,19H,1-2,5-11,15-17H2,(H,33,38)/t19-,25?/m0/s1. The molecule has 1 amide bonds. The molecule has 5 rings (SSSR count). The van der Waals surface area contributed by atoms with Crippen LogP contribution in [0.3, 0.4) is 0 Å². The van der Waals surface area contributed by atoms with Crippen molar-refractivity contribution >= 4 is 17.4 Å². The second-order valence-corrected chi connectivity index (χ2v) is 10.5. The van der Waals surface area contributed by atoms with Gasteiger partial charge < -0.3 is 19.4 Å². The van der Waals surface area contributed by atoms with Gasteiger partial charge in [-0.25, -0.2) is 10.1 Å². The SMILES string of the molecule is N#Cc1ccc(N2CCC3(CCN(C(=O)CCOC[C@@H]4CCCN4c4cn[nH]c(=O)c4C(F)(F)F)C3)C2)nc1. The second-order valence-electron chi connectivity index (χ2n) is 10.5. The van der Waals surface area contributed by atoms with Crippen LogP contribution in [0.5, 0.6) is 0 Å². The minimum Gasteiger partial charge on any atom is -0.379 e. The molecule has 5 heterocycles. The summed E-state index contributed by atoms with van der Waals surface area (Å²) in [5.41, 5.74) is -2.21. The summed E-state index contributed by atoms with van der Waals surface area (Å²) in [4.78, 5) is 34.8. The molecule has 1 N–H and O–H groups in total. The number of hydrogen-bond acceptors (Lipinski definition) is 8. The maximum Gasteiger partial charge on any atom is 0.423 e. The number of rotatable bonds is 7. The molecule has 10 nitrogen and oxygen atoms in total. The van der Waals surface area contributed by atoms with Crippen LogP contribution >= 0.6 is 0 Å². The van der Waals surface area contributed by atoms with Crippen LogP contribution in [-0.2, 0) is 15.7 Å². The van der Waals surface area contributed by atoms with E-state index in [0.29, 0.717) is 38.0 Å². The predicted octanol–water partition coefficient (Wildman–Crippen LogP) is 2.56. The van der Waals surface area contributed by atoms with Crippen molar-refractivity contribution in [3.05, 3.63) is 46.0 Å². The number of carbonyl (C=O) groups is 1. The largest absolute Gasteiger partial charge is 0.423 e. The molecule has 0 aromatic carbocycles. The Labute approximate surface area is 223 Å². The van der Waals surface area contributed by atoms with Crippen LogP contribution in [0, 0.1) is 16.7 Å². The number of aromatic amines is 1. The number of pyridine rings is 1. The summed E-state index contributed by atoms with van der Waals surface area (Å²) in [7, 11) is 0. The van der Waals surface area contributed by atoms with Gasteiger partial charge in [-0.05, 0) is 37.8 Å². The maximum absolute atomic E-state index is 13.5. The smallest absolute Gasteiger partial charge is 0.379 e. The van der Waals surface area contributed by atoms with Crippen molar-refractivity contribution in [2.45, 2.75) is 44.3 Å². The molecule has 3 aliphatic rings. The lowest BCUT2D eigenvalue weighted by Gasteiger charge is -2.28. The third-order valence-electron chi connectivity index (χ3n) is 8.01. The van der Waals surface area contributed by atoms with Gasteiger partial charge in [-0.15, -0.1) is 0 Å². The molecule has 1 spiro atoms. The van der Waals surface area contributed by atoms with E-state index in [1.807, 2.05) is 16.1 Å². The highest BCUT2D eigenvalue weighted by molar-refractivity contribution is 5.76. The molecule has 3 fully saturated rings. The van der Waals surface area contributed by atoms with E-state index in [9.17, 15) is 22.8 Å². The molecule has 1 unspecified atom stereocenters. The molecule has 2 aromatic rings. The average Bonchev–Trinajstić information content (AvgIpc) is 3.66. The number of hydrogen-bond donors (Lipinski definition) is 1. The number of aromatic nitrogens is 3. The van der Waals surface area contributed by atoms with Crippen molar-refractivity contribution in [1.82, 2.24) is 20.1 Å². The Morgan fingerprint density at radius 2 is 2.03 bits per heavy atom. The lowest BCUT2D eigenvalue weighted by Crippen LogP contribution is -2.37. The zero-order chi connectivity index (χ0) is 27.6. The molecule has 39 heavy (non-hydrogen) atoms. The van der Waals surface area contributed by atoms with Crippen molar-refractivity contribution in [2.75, 3.05) is 55.7 Å². The first kappa shape index (κ1) is 26.9. The molecule has 0 aliphatic carbocycles. The van der Waals surface area contributed by atoms with Crippen molar-refractivity contribution in [3.8, 4) is 6.07 Å². The number of alkyl halides is 3. The van der Waals surface area contributed by atoms with Crippen LogP contribution < -0.4 is 15.4 Å². The van der Waals surface area contributed by atoms with Gasteiger partial charge in [0.1, 0.15) is 17.5 Å². The van der Waals surface area contributed by atoms with Gasteiger partial charge >= 0.3 is 6.18 Å². The normalized spacial score (nSPS) is 23.1. The molecular formula is C26H30F3N7O3. The van der Waals surface area contributed by atoms with Crippen LogP contribution in [-0.4, -0.2) is 78.0 Å². The molecule has 0 radical (unpaired) electrons. The van der Waals surface area contributed by atoms with Gasteiger partial charge in [0.25, 0.3) is 5.56 Å². The Hall–Kier alpha value is -3.66. The quantitative estimate of drug-likeness (QED) is 0.528. The van der Waals surface area contributed by atoms with E-state index in [-0.39, 0.29) is 42.7 Å². The minimum atomic E-state index is -4.80. The zero-order valence-electron chi connectivity index (χ0n) is 21.4. The first-order chi connectivity index (χ1) is 18.7. The van der Waals surface area contributed by atoms with Crippen LogP contribution in [0.25, 0.3) is 0 Å².